The molecule has 2 heterocycles. The van der Waals surface area contributed by atoms with Gasteiger partial charge in [0.2, 0.25) is 5.91 Å². The van der Waals surface area contributed by atoms with Gasteiger partial charge in [-0.05, 0) is 119 Å². The average Bonchev–Trinajstić information content (AvgIpc) is 2.98. The minimum atomic E-state index is -4.77. The predicted molar refractivity (Wildman–Crippen MR) is 182 cm³/mol. The summed E-state index contributed by atoms with van der Waals surface area (Å²) in [6, 6.07) is 5.49. The molecule has 266 valence electrons. The standard InChI is InChI=1S/C38H47F4N3O4/c1-23-16-24(2)35-26(17-23)12-9-7-6-8-10-14-32(37(49)43-31(21-34(47)48)29-19-28(35)18-25(3)36(29)39)45-22-27(13-11-15-44(4)5)30(20-33(45)46)38(40,41)42/h16-20,22,31-32H,6-15,21H2,1-5H3,(H,43,49)(H,47,48)/t31-,32-/m0/s1. The summed E-state index contributed by atoms with van der Waals surface area (Å²) < 4.78 is 59.1. The number of fused-ring (bicyclic) bond motifs is 4. The molecule has 2 aromatic carbocycles. The van der Waals surface area contributed by atoms with Gasteiger partial charge in [-0.15, -0.1) is 0 Å². The Morgan fingerprint density at radius 2 is 1.67 bits per heavy atom. The Morgan fingerprint density at radius 1 is 0.980 bits per heavy atom. The number of aryl methyl sites for hydroxylation is 5. The molecule has 1 aliphatic rings. The fraction of sp³-hybridized carbons (Fsp3) is 0.500. The zero-order valence-electron chi connectivity index (χ0n) is 29.0. The molecule has 0 unspecified atom stereocenters. The summed E-state index contributed by atoms with van der Waals surface area (Å²) in [6.07, 6.45) is 0.947. The van der Waals surface area contributed by atoms with E-state index in [9.17, 15) is 32.7 Å². The van der Waals surface area contributed by atoms with Gasteiger partial charge in [0.1, 0.15) is 11.9 Å². The topological polar surface area (TPSA) is 91.6 Å². The molecule has 3 aromatic rings. The van der Waals surface area contributed by atoms with Crippen molar-refractivity contribution in [2.75, 3.05) is 20.6 Å². The SMILES string of the molecule is Cc1cc(C)c2c(c1)CCCCCCC[C@H](n1cc(CCCN(C)C)c(C(F)(F)F)cc1=O)C(=O)N[C@@H](CC(=O)O)c1cc-2cc(C)c1F. The molecular weight excluding hydrogens is 638 g/mol. The lowest BCUT2D eigenvalue weighted by Gasteiger charge is -2.26. The molecule has 0 fully saturated rings. The lowest BCUT2D eigenvalue weighted by Crippen LogP contribution is -2.40. The second kappa shape index (κ2) is 16.1. The molecule has 0 saturated heterocycles. The quantitative estimate of drug-likeness (QED) is 0.247. The van der Waals surface area contributed by atoms with Gasteiger partial charge in [0, 0.05) is 17.8 Å². The van der Waals surface area contributed by atoms with Crippen molar-refractivity contribution in [2.24, 2.45) is 0 Å². The summed E-state index contributed by atoms with van der Waals surface area (Å²) in [5.41, 5.74) is 3.01. The molecule has 1 aromatic heterocycles. The van der Waals surface area contributed by atoms with Gasteiger partial charge < -0.3 is 19.9 Å². The molecule has 7 nitrogen and oxygen atoms in total. The lowest BCUT2D eigenvalue weighted by atomic mass is 9.87. The molecule has 2 N–H and O–H groups in total. The third-order valence-electron chi connectivity index (χ3n) is 9.29. The van der Waals surface area contributed by atoms with E-state index >= 15 is 4.39 Å². The Hall–Kier alpha value is -3.99. The van der Waals surface area contributed by atoms with Crippen molar-refractivity contribution in [3.8, 4) is 11.1 Å². The van der Waals surface area contributed by atoms with Gasteiger partial charge in [0.05, 0.1) is 18.0 Å². The van der Waals surface area contributed by atoms with Gasteiger partial charge in [0.15, 0.2) is 0 Å². The summed E-state index contributed by atoms with van der Waals surface area (Å²) >= 11 is 0. The Bertz CT molecular complexity index is 1730. The van der Waals surface area contributed by atoms with Gasteiger partial charge in [-0.3, -0.25) is 14.4 Å². The van der Waals surface area contributed by atoms with Crippen molar-refractivity contribution >= 4 is 11.9 Å². The highest BCUT2D eigenvalue weighted by molar-refractivity contribution is 5.82. The number of hydrogen-bond acceptors (Lipinski definition) is 4. The summed E-state index contributed by atoms with van der Waals surface area (Å²) in [6.45, 7) is 6.12. The van der Waals surface area contributed by atoms with Crippen molar-refractivity contribution in [1.29, 1.82) is 0 Å². The van der Waals surface area contributed by atoms with Crippen LogP contribution in [0.4, 0.5) is 17.6 Å². The molecule has 4 rings (SSSR count). The van der Waals surface area contributed by atoms with Gasteiger partial charge in [-0.1, -0.05) is 43.4 Å². The van der Waals surface area contributed by atoms with Crippen molar-refractivity contribution < 1.29 is 32.3 Å². The van der Waals surface area contributed by atoms with Gasteiger partial charge in [-0.2, -0.15) is 13.2 Å². The van der Waals surface area contributed by atoms with E-state index < -0.39 is 53.5 Å². The van der Waals surface area contributed by atoms with Crippen LogP contribution >= 0.6 is 0 Å². The van der Waals surface area contributed by atoms with Crippen LogP contribution in [0.2, 0.25) is 0 Å². The number of nitrogens with zero attached hydrogens (tertiary/aromatic N) is 2. The number of benzene rings is 2. The molecule has 0 saturated carbocycles. The average molecular weight is 686 g/mol. The van der Waals surface area contributed by atoms with Crippen molar-refractivity contribution in [3.63, 3.8) is 0 Å². The number of aromatic nitrogens is 1. The van der Waals surface area contributed by atoms with Gasteiger partial charge >= 0.3 is 12.1 Å². The molecular formula is C38H47F4N3O4. The fourth-order valence-corrected chi connectivity index (χ4v) is 7.01. The largest absolute Gasteiger partial charge is 0.481 e. The molecule has 1 aliphatic heterocycles. The Morgan fingerprint density at radius 3 is 2.35 bits per heavy atom. The first-order valence-corrected chi connectivity index (χ1v) is 17.0. The highest BCUT2D eigenvalue weighted by Gasteiger charge is 2.36. The van der Waals surface area contributed by atoms with Gasteiger partial charge in [-0.25, -0.2) is 4.39 Å². The van der Waals surface area contributed by atoms with E-state index in [-0.39, 0.29) is 29.5 Å². The monoisotopic (exact) mass is 685 g/mol. The highest BCUT2D eigenvalue weighted by Crippen LogP contribution is 2.36. The van der Waals surface area contributed by atoms with Crippen LogP contribution in [0.25, 0.3) is 11.1 Å². The maximum absolute atomic E-state index is 15.9. The number of alkyl halides is 3. The fourth-order valence-electron chi connectivity index (χ4n) is 7.01. The Kier molecular flexibility index (Phi) is 12.5. The number of rotatable bonds is 7. The van der Waals surface area contributed by atoms with E-state index in [1.54, 1.807) is 19.1 Å². The van der Waals surface area contributed by atoms with E-state index in [0.29, 0.717) is 31.0 Å². The number of amides is 1. The maximum atomic E-state index is 15.9. The maximum Gasteiger partial charge on any atom is 0.416 e. The number of carboxylic acids is 1. The number of carbonyl (C=O) groups is 2. The molecule has 1 amide bonds. The summed E-state index contributed by atoms with van der Waals surface area (Å²) in [7, 11) is 3.62. The van der Waals surface area contributed by atoms with E-state index in [0.717, 1.165) is 65.1 Å². The molecule has 0 radical (unpaired) electrons. The number of carboxylic acid groups (broad SMARTS) is 1. The summed E-state index contributed by atoms with van der Waals surface area (Å²) in [5, 5.41) is 12.6. The summed E-state index contributed by atoms with van der Waals surface area (Å²) in [5.74, 6) is -2.69. The number of nitrogens with one attached hydrogen (secondary N) is 1. The van der Waals surface area contributed by atoms with Crippen LogP contribution in [-0.2, 0) is 28.6 Å². The molecule has 49 heavy (non-hydrogen) atoms. The van der Waals surface area contributed by atoms with Crippen LogP contribution in [0.1, 0.15) is 102 Å². The van der Waals surface area contributed by atoms with Crippen LogP contribution < -0.4 is 10.9 Å². The minimum absolute atomic E-state index is 0.00772. The number of carbonyl (C=O) groups excluding carboxylic acids is 1. The molecule has 0 aliphatic carbocycles. The zero-order chi connectivity index (χ0) is 36.0. The second-order valence-electron chi connectivity index (χ2n) is 13.7. The molecule has 11 heteroatoms. The smallest absolute Gasteiger partial charge is 0.416 e. The second-order valence-corrected chi connectivity index (χ2v) is 13.7. The highest BCUT2D eigenvalue weighted by atomic mass is 19.4. The van der Waals surface area contributed by atoms with Crippen LogP contribution in [-0.4, -0.2) is 47.1 Å². The van der Waals surface area contributed by atoms with Crippen LogP contribution in [0.15, 0.2) is 41.3 Å². The first kappa shape index (κ1) is 37.8. The van der Waals surface area contributed by atoms with Crippen LogP contribution in [0.3, 0.4) is 0 Å². The Balaban J connectivity index is 1.85. The molecule has 2 atom stereocenters. The lowest BCUT2D eigenvalue weighted by molar-refractivity contribution is -0.139. The molecule has 0 spiro atoms. The number of aliphatic carboxylic acids is 1. The summed E-state index contributed by atoms with van der Waals surface area (Å²) in [4.78, 5) is 41.4. The minimum Gasteiger partial charge on any atom is -0.481 e. The third-order valence-corrected chi connectivity index (χ3v) is 9.29. The van der Waals surface area contributed by atoms with Crippen LogP contribution in [0.5, 0.6) is 0 Å². The first-order chi connectivity index (χ1) is 23.1. The van der Waals surface area contributed by atoms with Gasteiger partial charge in [0.25, 0.3) is 5.56 Å². The van der Waals surface area contributed by atoms with Crippen molar-refractivity contribution in [1.82, 2.24) is 14.8 Å². The van der Waals surface area contributed by atoms with E-state index in [4.69, 9.17) is 0 Å². The third kappa shape index (κ3) is 9.59. The number of pyridine rings is 1. The zero-order valence-corrected chi connectivity index (χ0v) is 29.0. The predicted octanol–water partition coefficient (Wildman–Crippen LogP) is 7.86. The van der Waals surface area contributed by atoms with E-state index in [1.165, 1.54) is 0 Å². The van der Waals surface area contributed by atoms with Crippen molar-refractivity contribution in [2.45, 2.75) is 103 Å². The Labute approximate surface area is 285 Å². The first-order valence-electron chi connectivity index (χ1n) is 17.0. The van der Waals surface area contributed by atoms with E-state index in [2.05, 4.69) is 11.4 Å². The van der Waals surface area contributed by atoms with Crippen molar-refractivity contribution in [3.05, 3.63) is 91.6 Å². The number of hydrogen-bond donors (Lipinski definition) is 2. The molecule has 2 bridgehead atoms. The van der Waals surface area contributed by atoms with E-state index in [1.807, 2.05) is 38.9 Å². The van der Waals surface area contributed by atoms with Crippen LogP contribution in [0, 0.1) is 26.6 Å². The normalized spacial score (nSPS) is 17.9. The number of halogens is 4.